The molecule has 0 aliphatic rings. The first-order valence-electron chi connectivity index (χ1n) is 8.99. The van der Waals surface area contributed by atoms with Crippen LogP contribution in [0, 0.1) is 17.1 Å². The smallest absolute Gasteiger partial charge is 0.241 e. The SMILES string of the molecule is COc1ccccc1N(CCC#N)C(=O)CN(C)CC(=O)Nc1cccc(F)c1. The summed E-state index contributed by atoms with van der Waals surface area (Å²) in [6.45, 7) is 0.110. The molecule has 0 atom stereocenters. The molecule has 0 unspecified atom stereocenters. The molecule has 2 aromatic carbocycles. The fraction of sp³-hybridized carbons (Fsp3) is 0.286. The number of hydrogen-bond acceptors (Lipinski definition) is 5. The number of nitrogens with zero attached hydrogens (tertiary/aromatic N) is 3. The molecule has 2 aromatic rings. The maximum atomic E-state index is 13.2. The van der Waals surface area contributed by atoms with Gasteiger partial charge in [0.2, 0.25) is 11.8 Å². The van der Waals surface area contributed by atoms with Gasteiger partial charge in [0, 0.05) is 12.2 Å². The first kappa shape index (κ1) is 21.9. The van der Waals surface area contributed by atoms with Crippen LogP contribution in [0.25, 0.3) is 0 Å². The molecule has 29 heavy (non-hydrogen) atoms. The molecule has 0 aliphatic carbocycles. The van der Waals surface area contributed by atoms with Crippen molar-refractivity contribution in [2.75, 3.05) is 44.0 Å². The van der Waals surface area contributed by atoms with Gasteiger partial charge in [-0.2, -0.15) is 5.26 Å². The minimum absolute atomic E-state index is 0.0416. The molecule has 0 aliphatic heterocycles. The largest absolute Gasteiger partial charge is 0.495 e. The zero-order valence-electron chi connectivity index (χ0n) is 16.4. The predicted octanol–water partition coefficient (Wildman–Crippen LogP) is 2.65. The highest BCUT2D eigenvalue weighted by Crippen LogP contribution is 2.28. The molecule has 2 amide bonds. The zero-order chi connectivity index (χ0) is 21.2. The van der Waals surface area contributed by atoms with E-state index >= 15 is 0 Å². The standard InChI is InChI=1S/C21H23FN4O3/c1-25(14-20(27)24-17-8-5-7-16(22)13-17)15-21(28)26(12-6-11-23)18-9-3-4-10-19(18)29-2/h3-5,7-10,13H,6,12,14-15H2,1-2H3,(H,24,27). The van der Waals surface area contributed by atoms with Crippen LogP contribution in [0.2, 0.25) is 0 Å². The predicted molar refractivity (Wildman–Crippen MR) is 108 cm³/mol. The van der Waals surface area contributed by atoms with Gasteiger partial charge < -0.3 is 15.0 Å². The normalized spacial score (nSPS) is 10.3. The van der Waals surface area contributed by atoms with Gasteiger partial charge in [-0.1, -0.05) is 18.2 Å². The maximum absolute atomic E-state index is 13.2. The quantitative estimate of drug-likeness (QED) is 0.702. The van der Waals surface area contributed by atoms with Crippen molar-refractivity contribution in [1.29, 1.82) is 5.26 Å². The number of rotatable bonds is 9. The summed E-state index contributed by atoms with van der Waals surface area (Å²) < 4.78 is 18.5. The summed E-state index contributed by atoms with van der Waals surface area (Å²) in [5.74, 6) is -0.570. The molecule has 1 N–H and O–H groups in total. The second-order valence-corrected chi connectivity index (χ2v) is 6.36. The van der Waals surface area contributed by atoms with E-state index in [1.165, 1.54) is 30.2 Å². The lowest BCUT2D eigenvalue weighted by atomic mass is 10.2. The molecule has 0 saturated heterocycles. The van der Waals surface area contributed by atoms with E-state index in [9.17, 15) is 14.0 Å². The van der Waals surface area contributed by atoms with Gasteiger partial charge in [0.05, 0.1) is 38.4 Å². The minimum Gasteiger partial charge on any atom is -0.495 e. The third kappa shape index (κ3) is 6.59. The van der Waals surface area contributed by atoms with Crippen LogP contribution in [0.5, 0.6) is 5.75 Å². The Morgan fingerprint density at radius 1 is 1.17 bits per heavy atom. The van der Waals surface area contributed by atoms with Gasteiger partial charge >= 0.3 is 0 Å². The number of methoxy groups -OCH3 is 1. The third-order valence-corrected chi connectivity index (χ3v) is 4.05. The Morgan fingerprint density at radius 3 is 2.62 bits per heavy atom. The molecule has 152 valence electrons. The van der Waals surface area contributed by atoms with Gasteiger partial charge in [-0.3, -0.25) is 14.5 Å². The topological polar surface area (TPSA) is 85.7 Å². The van der Waals surface area contributed by atoms with E-state index in [0.29, 0.717) is 17.1 Å². The van der Waals surface area contributed by atoms with Crippen LogP contribution < -0.4 is 15.0 Å². The fourth-order valence-corrected chi connectivity index (χ4v) is 2.78. The van der Waals surface area contributed by atoms with Crippen LogP contribution in [-0.4, -0.2) is 50.5 Å². The monoisotopic (exact) mass is 398 g/mol. The zero-order valence-corrected chi connectivity index (χ0v) is 16.4. The lowest BCUT2D eigenvalue weighted by Crippen LogP contribution is -2.42. The van der Waals surface area contributed by atoms with E-state index < -0.39 is 5.82 Å². The molecular weight excluding hydrogens is 375 g/mol. The summed E-state index contributed by atoms with van der Waals surface area (Å²) >= 11 is 0. The Morgan fingerprint density at radius 2 is 1.93 bits per heavy atom. The Kier molecular flexibility index (Phi) is 8.12. The lowest BCUT2D eigenvalue weighted by Gasteiger charge is -2.26. The molecular formula is C21H23FN4O3. The van der Waals surface area contributed by atoms with Crippen molar-refractivity contribution in [3.05, 3.63) is 54.3 Å². The second kappa shape index (κ2) is 10.8. The first-order valence-corrected chi connectivity index (χ1v) is 8.99. The van der Waals surface area contributed by atoms with Gasteiger partial charge in [-0.15, -0.1) is 0 Å². The van der Waals surface area contributed by atoms with Crippen LogP contribution in [0.4, 0.5) is 15.8 Å². The van der Waals surface area contributed by atoms with Crippen molar-refractivity contribution in [3.63, 3.8) is 0 Å². The summed E-state index contributed by atoms with van der Waals surface area (Å²) in [4.78, 5) is 28.0. The van der Waals surface area contributed by atoms with Crippen LogP contribution in [0.1, 0.15) is 6.42 Å². The third-order valence-electron chi connectivity index (χ3n) is 4.05. The van der Waals surface area contributed by atoms with Gasteiger partial charge in [0.25, 0.3) is 0 Å². The number of halogens is 1. The van der Waals surface area contributed by atoms with Crippen molar-refractivity contribution >= 4 is 23.2 Å². The Bertz CT molecular complexity index is 897. The van der Waals surface area contributed by atoms with Crippen molar-refractivity contribution < 1.29 is 18.7 Å². The number of ether oxygens (including phenoxy) is 1. The van der Waals surface area contributed by atoms with Crippen LogP contribution >= 0.6 is 0 Å². The number of likely N-dealkylation sites (N-methyl/N-ethyl adjacent to an activating group) is 1. The molecule has 7 nitrogen and oxygen atoms in total. The number of hydrogen-bond donors (Lipinski definition) is 1. The van der Waals surface area contributed by atoms with Crippen LogP contribution in [0.3, 0.4) is 0 Å². The van der Waals surface area contributed by atoms with Crippen molar-refractivity contribution in [3.8, 4) is 11.8 Å². The molecule has 2 rings (SSSR count). The lowest BCUT2D eigenvalue weighted by molar-refractivity contribution is -0.121. The van der Waals surface area contributed by atoms with E-state index in [1.807, 2.05) is 6.07 Å². The molecule has 0 saturated carbocycles. The summed E-state index contributed by atoms with van der Waals surface area (Å²) in [6, 6.07) is 14.7. The van der Waals surface area contributed by atoms with E-state index in [-0.39, 0.29) is 37.9 Å². The first-order chi connectivity index (χ1) is 13.9. The molecule has 0 radical (unpaired) electrons. The van der Waals surface area contributed by atoms with E-state index in [4.69, 9.17) is 10.00 Å². The summed E-state index contributed by atoms with van der Waals surface area (Å²) in [7, 11) is 3.14. The minimum atomic E-state index is -0.448. The van der Waals surface area contributed by atoms with Crippen molar-refractivity contribution in [2.24, 2.45) is 0 Å². The average Bonchev–Trinajstić information content (AvgIpc) is 2.68. The van der Waals surface area contributed by atoms with Crippen LogP contribution in [0.15, 0.2) is 48.5 Å². The van der Waals surface area contributed by atoms with E-state index in [1.54, 1.807) is 42.3 Å². The second-order valence-electron chi connectivity index (χ2n) is 6.36. The fourth-order valence-electron chi connectivity index (χ4n) is 2.78. The van der Waals surface area contributed by atoms with Gasteiger partial charge in [-0.05, 0) is 37.4 Å². The molecule has 0 spiro atoms. The van der Waals surface area contributed by atoms with Crippen molar-refractivity contribution in [2.45, 2.75) is 6.42 Å². The van der Waals surface area contributed by atoms with Gasteiger partial charge in [-0.25, -0.2) is 4.39 Å². The maximum Gasteiger partial charge on any atom is 0.241 e. The summed E-state index contributed by atoms with van der Waals surface area (Å²) in [6.07, 6.45) is 0.160. The van der Waals surface area contributed by atoms with Crippen LogP contribution in [-0.2, 0) is 9.59 Å². The number of carbonyl (C=O) groups is 2. The van der Waals surface area contributed by atoms with E-state index in [2.05, 4.69) is 5.32 Å². The summed E-state index contributed by atoms with van der Waals surface area (Å²) in [5, 5.41) is 11.5. The molecule has 0 bridgehead atoms. The average molecular weight is 398 g/mol. The van der Waals surface area contributed by atoms with Gasteiger partial charge in [0.15, 0.2) is 0 Å². The molecule has 0 aromatic heterocycles. The molecule has 0 fully saturated rings. The number of para-hydroxylation sites is 2. The summed E-state index contributed by atoms with van der Waals surface area (Å²) in [5.41, 5.74) is 0.909. The van der Waals surface area contributed by atoms with E-state index in [0.717, 1.165) is 0 Å². The number of nitriles is 1. The highest BCUT2D eigenvalue weighted by molar-refractivity contribution is 5.97. The number of carbonyl (C=O) groups excluding carboxylic acids is 2. The number of nitrogens with one attached hydrogen (secondary N) is 1. The van der Waals surface area contributed by atoms with Gasteiger partial charge in [0.1, 0.15) is 11.6 Å². The highest BCUT2D eigenvalue weighted by Gasteiger charge is 2.21. The Balaban J connectivity index is 2.02. The molecule has 8 heteroatoms. The Labute approximate surface area is 169 Å². The molecule has 0 heterocycles. The van der Waals surface area contributed by atoms with Crippen molar-refractivity contribution in [1.82, 2.24) is 4.90 Å². The highest BCUT2D eigenvalue weighted by atomic mass is 19.1. The number of amides is 2. The number of benzene rings is 2. The Hall–Kier alpha value is -3.44. The number of anilines is 2.